The lowest BCUT2D eigenvalue weighted by Gasteiger charge is -2.29. The molecular weight excluding hydrogens is 382 g/mol. The van der Waals surface area contributed by atoms with Gasteiger partial charge >= 0.3 is 0 Å². The smallest absolute Gasteiger partial charge is 0.267 e. The van der Waals surface area contributed by atoms with E-state index in [-0.39, 0.29) is 22.8 Å². The van der Waals surface area contributed by atoms with Crippen molar-refractivity contribution in [2.24, 2.45) is 0 Å². The summed E-state index contributed by atoms with van der Waals surface area (Å²) in [5.41, 5.74) is 0.410. The van der Waals surface area contributed by atoms with Gasteiger partial charge in [0, 0.05) is 32.4 Å². The average molecular weight is 407 g/mol. The second kappa shape index (κ2) is 9.09. The lowest BCUT2D eigenvalue weighted by molar-refractivity contribution is -0.117. The molecule has 0 radical (unpaired) electrons. The second-order valence-electron chi connectivity index (χ2n) is 7.65. The minimum absolute atomic E-state index is 0.0224. The van der Waals surface area contributed by atoms with Crippen molar-refractivity contribution in [3.05, 3.63) is 45.9 Å². The maximum absolute atomic E-state index is 13.2. The molecule has 2 fully saturated rings. The first-order valence-corrected chi connectivity index (χ1v) is 10.5. The van der Waals surface area contributed by atoms with E-state index >= 15 is 0 Å². The van der Waals surface area contributed by atoms with E-state index in [1.54, 1.807) is 18.3 Å². The fourth-order valence-corrected chi connectivity index (χ4v) is 3.96. The van der Waals surface area contributed by atoms with E-state index in [2.05, 4.69) is 10.2 Å². The Morgan fingerprint density at radius 3 is 2.87 bits per heavy atom. The van der Waals surface area contributed by atoms with Gasteiger partial charge in [-0.25, -0.2) is 4.98 Å². The number of hydrogen-bond donors (Lipinski definition) is 1. The standard InChI is InChI=1S/C22H25N5O3/c23-14-16(21(28)24-15-17-7-6-12-30-17)13-18-20(26-9-3-1-4-10-26)25-19-8-2-5-11-27(19)22(18)29/h2,5,8,11,13,17H,1,3-4,6-7,9-10,12,15H2,(H,24,28)/b16-13+/t17-/m0/s1. The summed E-state index contributed by atoms with van der Waals surface area (Å²) in [5.74, 6) is 0.0285. The molecule has 30 heavy (non-hydrogen) atoms. The number of hydrogen-bond acceptors (Lipinski definition) is 6. The molecule has 1 amide bonds. The summed E-state index contributed by atoms with van der Waals surface area (Å²) >= 11 is 0. The summed E-state index contributed by atoms with van der Waals surface area (Å²) in [6.45, 7) is 2.64. The van der Waals surface area contributed by atoms with Gasteiger partial charge in [0.25, 0.3) is 11.5 Å². The summed E-state index contributed by atoms with van der Waals surface area (Å²) in [7, 11) is 0. The Hall–Kier alpha value is -3.18. The predicted octanol–water partition coefficient (Wildman–Crippen LogP) is 1.89. The largest absolute Gasteiger partial charge is 0.376 e. The van der Waals surface area contributed by atoms with Crippen LogP contribution in [-0.2, 0) is 9.53 Å². The number of ether oxygens (including phenoxy) is 1. The van der Waals surface area contributed by atoms with Crippen LogP contribution in [0.15, 0.2) is 34.8 Å². The molecule has 2 aromatic heterocycles. The highest BCUT2D eigenvalue weighted by molar-refractivity contribution is 6.02. The Kier molecular flexibility index (Phi) is 6.10. The van der Waals surface area contributed by atoms with Gasteiger partial charge in [-0.2, -0.15) is 5.26 Å². The Bertz CT molecular complexity index is 1060. The number of carbonyl (C=O) groups is 1. The normalized spacial score (nSPS) is 19.6. The van der Waals surface area contributed by atoms with Crippen LogP contribution in [0.4, 0.5) is 5.82 Å². The quantitative estimate of drug-likeness (QED) is 0.600. The highest BCUT2D eigenvalue weighted by atomic mass is 16.5. The van der Waals surface area contributed by atoms with Crippen LogP contribution >= 0.6 is 0 Å². The summed E-state index contributed by atoms with van der Waals surface area (Å²) in [6.07, 6.45) is 8.04. The first-order valence-electron chi connectivity index (χ1n) is 10.5. The predicted molar refractivity (Wildman–Crippen MR) is 113 cm³/mol. The monoisotopic (exact) mass is 407 g/mol. The SMILES string of the molecule is N#C/C(=C\c1c(N2CCCCC2)nc2ccccn2c1=O)C(=O)NC[C@@H]1CCCO1. The Morgan fingerprint density at radius 1 is 1.30 bits per heavy atom. The topological polar surface area (TPSA) is 99.7 Å². The molecule has 0 aromatic carbocycles. The van der Waals surface area contributed by atoms with Crippen molar-refractivity contribution in [1.82, 2.24) is 14.7 Å². The Balaban J connectivity index is 1.71. The van der Waals surface area contributed by atoms with Crippen molar-refractivity contribution < 1.29 is 9.53 Å². The molecule has 4 rings (SSSR count). The molecule has 8 nitrogen and oxygen atoms in total. The maximum atomic E-state index is 13.2. The maximum Gasteiger partial charge on any atom is 0.267 e. The lowest BCUT2D eigenvalue weighted by Crippen LogP contribution is -2.34. The molecule has 0 spiro atoms. The number of nitriles is 1. The number of amides is 1. The van der Waals surface area contributed by atoms with Crippen LogP contribution in [-0.4, -0.2) is 47.6 Å². The van der Waals surface area contributed by atoms with Gasteiger partial charge in [-0.15, -0.1) is 0 Å². The average Bonchev–Trinajstić information content (AvgIpc) is 3.31. The fourth-order valence-electron chi connectivity index (χ4n) is 3.96. The van der Waals surface area contributed by atoms with Crippen LogP contribution in [0.25, 0.3) is 11.7 Å². The van der Waals surface area contributed by atoms with Crippen molar-refractivity contribution in [1.29, 1.82) is 5.26 Å². The van der Waals surface area contributed by atoms with E-state index < -0.39 is 5.91 Å². The molecule has 2 aliphatic heterocycles. The molecule has 8 heteroatoms. The molecule has 156 valence electrons. The third-order valence-corrected chi connectivity index (χ3v) is 5.57. The minimum Gasteiger partial charge on any atom is -0.376 e. The van der Waals surface area contributed by atoms with Crippen LogP contribution in [0, 0.1) is 11.3 Å². The van der Waals surface area contributed by atoms with Crippen molar-refractivity contribution in [2.45, 2.75) is 38.2 Å². The minimum atomic E-state index is -0.504. The number of pyridine rings is 1. The highest BCUT2D eigenvalue weighted by Crippen LogP contribution is 2.23. The molecule has 4 heterocycles. The number of nitrogens with zero attached hydrogens (tertiary/aromatic N) is 4. The van der Waals surface area contributed by atoms with Crippen LogP contribution in [0.2, 0.25) is 0 Å². The zero-order valence-electron chi connectivity index (χ0n) is 16.8. The molecule has 0 aliphatic carbocycles. The van der Waals surface area contributed by atoms with Crippen LogP contribution in [0.3, 0.4) is 0 Å². The number of piperidine rings is 1. The Morgan fingerprint density at radius 2 is 2.13 bits per heavy atom. The first kappa shape index (κ1) is 20.1. The zero-order chi connectivity index (χ0) is 20.9. The van der Waals surface area contributed by atoms with Gasteiger partial charge in [0.05, 0.1) is 11.7 Å². The lowest BCUT2D eigenvalue weighted by atomic mass is 10.1. The summed E-state index contributed by atoms with van der Waals surface area (Å²) < 4.78 is 6.96. The molecule has 2 saturated heterocycles. The van der Waals surface area contributed by atoms with Gasteiger partial charge in [0.15, 0.2) is 0 Å². The first-order chi connectivity index (χ1) is 14.7. The second-order valence-corrected chi connectivity index (χ2v) is 7.65. The van der Waals surface area contributed by atoms with E-state index in [9.17, 15) is 14.9 Å². The number of rotatable bonds is 5. The van der Waals surface area contributed by atoms with Gasteiger partial charge in [-0.1, -0.05) is 6.07 Å². The van der Waals surface area contributed by atoms with E-state index in [0.717, 1.165) is 45.2 Å². The summed E-state index contributed by atoms with van der Waals surface area (Å²) in [5, 5.41) is 12.4. The molecule has 2 aromatic rings. The fraction of sp³-hybridized carbons (Fsp3) is 0.455. The van der Waals surface area contributed by atoms with Gasteiger partial charge < -0.3 is 15.0 Å². The van der Waals surface area contributed by atoms with Crippen molar-refractivity contribution in [2.75, 3.05) is 31.1 Å². The number of fused-ring (bicyclic) bond motifs is 1. The van der Waals surface area contributed by atoms with Crippen molar-refractivity contribution >= 4 is 23.4 Å². The van der Waals surface area contributed by atoms with Crippen LogP contribution < -0.4 is 15.8 Å². The van der Waals surface area contributed by atoms with E-state index in [1.165, 1.54) is 10.5 Å². The molecule has 2 aliphatic rings. The number of nitrogens with one attached hydrogen (secondary N) is 1. The molecule has 0 bridgehead atoms. The Labute approximate surface area is 174 Å². The molecule has 0 unspecified atom stereocenters. The third-order valence-electron chi connectivity index (χ3n) is 5.57. The van der Waals surface area contributed by atoms with Crippen molar-refractivity contribution in [3.63, 3.8) is 0 Å². The van der Waals surface area contributed by atoms with E-state index in [4.69, 9.17) is 9.72 Å². The number of anilines is 1. The van der Waals surface area contributed by atoms with Crippen molar-refractivity contribution in [3.8, 4) is 6.07 Å². The summed E-state index contributed by atoms with van der Waals surface area (Å²) in [6, 6.07) is 7.31. The highest BCUT2D eigenvalue weighted by Gasteiger charge is 2.22. The number of aromatic nitrogens is 2. The summed E-state index contributed by atoms with van der Waals surface area (Å²) in [4.78, 5) is 32.6. The zero-order valence-corrected chi connectivity index (χ0v) is 16.8. The van der Waals surface area contributed by atoms with Crippen LogP contribution in [0.1, 0.15) is 37.7 Å². The van der Waals surface area contributed by atoms with Gasteiger partial charge in [-0.3, -0.25) is 14.0 Å². The van der Waals surface area contributed by atoms with E-state index in [1.807, 2.05) is 12.1 Å². The molecule has 1 atom stereocenters. The third kappa shape index (κ3) is 4.21. The van der Waals surface area contributed by atoms with Gasteiger partial charge in [0.1, 0.15) is 23.1 Å². The molecule has 1 N–H and O–H groups in total. The van der Waals surface area contributed by atoms with E-state index in [0.29, 0.717) is 24.6 Å². The van der Waals surface area contributed by atoms with Gasteiger partial charge in [-0.05, 0) is 50.3 Å². The number of carbonyl (C=O) groups excluding carboxylic acids is 1. The molecule has 0 saturated carbocycles. The molecular formula is C22H25N5O3. The van der Waals surface area contributed by atoms with Crippen LogP contribution in [0.5, 0.6) is 0 Å². The van der Waals surface area contributed by atoms with Gasteiger partial charge in [0.2, 0.25) is 0 Å².